The summed E-state index contributed by atoms with van der Waals surface area (Å²) >= 11 is 3.24. The topological polar surface area (TPSA) is 59.5 Å². The molecule has 0 saturated carbocycles. The monoisotopic (exact) mass is 322 g/mol. The van der Waals surface area contributed by atoms with Crippen molar-refractivity contribution in [3.8, 4) is 12.3 Å². The Morgan fingerprint density at radius 3 is 3.00 bits per heavy atom. The summed E-state index contributed by atoms with van der Waals surface area (Å²) in [5.41, 5.74) is 0.239. The first-order valence-corrected chi connectivity index (χ1v) is 6.36. The van der Waals surface area contributed by atoms with Crippen LogP contribution in [0, 0.1) is 18.3 Å². The quantitative estimate of drug-likeness (QED) is 0.613. The molecule has 0 spiro atoms. The molecule has 5 nitrogen and oxygen atoms in total. The third-order valence-corrected chi connectivity index (χ3v) is 3.29. The molecule has 1 unspecified atom stereocenters. The van der Waals surface area contributed by atoms with Crippen LogP contribution >= 0.6 is 15.9 Å². The fourth-order valence-electron chi connectivity index (χ4n) is 1.93. The first-order chi connectivity index (χ1) is 9.06. The second-order valence-electron chi connectivity index (χ2n) is 4.09. The number of pyridine rings is 1. The molecule has 0 aliphatic carbocycles. The van der Waals surface area contributed by atoms with Crippen LogP contribution in [0.4, 0.5) is 5.82 Å². The number of hydrogen-bond acceptors (Lipinski definition) is 4. The number of carbonyl (C=O) groups is 2. The third-order valence-electron chi connectivity index (χ3n) is 2.86. The van der Waals surface area contributed by atoms with Crippen LogP contribution in [0.15, 0.2) is 16.7 Å². The van der Waals surface area contributed by atoms with Gasteiger partial charge in [-0.15, -0.1) is 12.3 Å². The molecule has 19 heavy (non-hydrogen) atoms. The van der Waals surface area contributed by atoms with Crippen molar-refractivity contribution < 1.29 is 14.3 Å². The molecule has 1 aromatic heterocycles. The lowest BCUT2D eigenvalue weighted by Crippen LogP contribution is -2.27. The molecule has 1 atom stereocenters. The zero-order valence-electron chi connectivity index (χ0n) is 10.2. The van der Waals surface area contributed by atoms with Crippen molar-refractivity contribution in [2.24, 2.45) is 5.92 Å². The molecule has 1 amide bonds. The molecule has 1 aliphatic rings. The summed E-state index contributed by atoms with van der Waals surface area (Å²) in [5, 5.41) is 0. The van der Waals surface area contributed by atoms with E-state index in [4.69, 9.17) is 11.2 Å². The minimum Gasteiger partial charge on any atom is -0.465 e. The Bertz CT molecular complexity index is 580. The maximum absolute atomic E-state index is 11.9. The zero-order chi connectivity index (χ0) is 14.0. The second-order valence-corrected chi connectivity index (χ2v) is 5.00. The van der Waals surface area contributed by atoms with E-state index in [-0.39, 0.29) is 29.6 Å². The van der Waals surface area contributed by atoms with Crippen molar-refractivity contribution in [1.82, 2.24) is 4.98 Å². The van der Waals surface area contributed by atoms with Crippen molar-refractivity contribution in [1.29, 1.82) is 0 Å². The summed E-state index contributed by atoms with van der Waals surface area (Å²) in [6.07, 6.45) is 7.13. The van der Waals surface area contributed by atoms with E-state index in [1.54, 1.807) is 6.07 Å². The zero-order valence-corrected chi connectivity index (χ0v) is 11.8. The molecule has 1 aromatic rings. The fraction of sp³-hybridized carbons (Fsp3) is 0.308. The number of carbonyl (C=O) groups excluding carboxylic acids is 2. The normalized spacial score (nSPS) is 18.3. The number of ether oxygens (including phenoxy) is 1. The van der Waals surface area contributed by atoms with E-state index < -0.39 is 5.97 Å². The molecule has 0 bridgehead atoms. The average molecular weight is 323 g/mol. The summed E-state index contributed by atoms with van der Waals surface area (Å²) in [5.74, 6) is 2.02. The van der Waals surface area contributed by atoms with Crippen molar-refractivity contribution in [3.05, 3.63) is 22.3 Å². The lowest BCUT2D eigenvalue weighted by Gasteiger charge is -2.17. The summed E-state index contributed by atoms with van der Waals surface area (Å²) in [7, 11) is 1.28. The van der Waals surface area contributed by atoms with E-state index in [1.165, 1.54) is 18.2 Å². The molecule has 1 aliphatic heterocycles. The van der Waals surface area contributed by atoms with E-state index in [1.807, 2.05) is 0 Å². The first-order valence-electron chi connectivity index (χ1n) is 5.57. The van der Waals surface area contributed by atoms with Crippen LogP contribution in [-0.4, -0.2) is 30.5 Å². The van der Waals surface area contributed by atoms with Crippen molar-refractivity contribution >= 4 is 33.6 Å². The highest BCUT2D eigenvalue weighted by Gasteiger charge is 2.33. The molecule has 98 valence electrons. The lowest BCUT2D eigenvalue weighted by atomic mass is 10.1. The van der Waals surface area contributed by atoms with Crippen LogP contribution in [0.2, 0.25) is 0 Å². The lowest BCUT2D eigenvalue weighted by molar-refractivity contribution is -0.117. The van der Waals surface area contributed by atoms with Gasteiger partial charge >= 0.3 is 5.97 Å². The van der Waals surface area contributed by atoms with Gasteiger partial charge in [0.1, 0.15) is 11.4 Å². The number of amides is 1. The molecule has 0 aromatic carbocycles. The number of methoxy groups -OCH3 is 1. The van der Waals surface area contributed by atoms with Crippen molar-refractivity contribution in [3.63, 3.8) is 0 Å². The smallest absolute Gasteiger partial charge is 0.341 e. The van der Waals surface area contributed by atoms with Gasteiger partial charge < -0.3 is 4.74 Å². The van der Waals surface area contributed by atoms with Gasteiger partial charge in [0.15, 0.2) is 0 Å². The predicted octanol–water partition coefficient (Wildman–Crippen LogP) is 1.62. The predicted molar refractivity (Wildman–Crippen MR) is 72.6 cm³/mol. The molecule has 0 N–H and O–H groups in total. The van der Waals surface area contributed by atoms with E-state index in [0.29, 0.717) is 11.0 Å². The third kappa shape index (κ3) is 2.61. The Kier molecular flexibility index (Phi) is 3.86. The standard InChI is InChI=1S/C13H11BrN2O3/c1-3-8-4-11(17)16(7-8)12-10(13(18)19-2)5-9(14)6-15-12/h1,5-6,8H,4,7H2,2H3. The van der Waals surface area contributed by atoms with Gasteiger partial charge in [-0.05, 0) is 22.0 Å². The molecule has 2 heterocycles. The summed E-state index contributed by atoms with van der Waals surface area (Å²) in [6, 6.07) is 1.57. The maximum Gasteiger partial charge on any atom is 0.341 e. The minimum atomic E-state index is -0.541. The van der Waals surface area contributed by atoms with E-state index in [2.05, 4.69) is 26.8 Å². The van der Waals surface area contributed by atoms with Crippen LogP contribution in [0.3, 0.4) is 0 Å². The van der Waals surface area contributed by atoms with Gasteiger partial charge in [-0.2, -0.15) is 0 Å². The number of halogens is 1. The van der Waals surface area contributed by atoms with Gasteiger partial charge in [-0.3, -0.25) is 9.69 Å². The van der Waals surface area contributed by atoms with Gasteiger partial charge in [-0.25, -0.2) is 9.78 Å². The largest absolute Gasteiger partial charge is 0.465 e. The number of rotatable bonds is 2. The Balaban J connectivity index is 2.43. The van der Waals surface area contributed by atoms with Crippen LogP contribution in [-0.2, 0) is 9.53 Å². The van der Waals surface area contributed by atoms with Gasteiger partial charge in [-0.1, -0.05) is 0 Å². The highest BCUT2D eigenvalue weighted by Crippen LogP contribution is 2.28. The van der Waals surface area contributed by atoms with Gasteiger partial charge in [0.05, 0.1) is 7.11 Å². The number of aromatic nitrogens is 1. The number of terminal acetylenes is 1. The number of nitrogens with zero attached hydrogens (tertiary/aromatic N) is 2. The van der Waals surface area contributed by atoms with Gasteiger partial charge in [0.25, 0.3) is 0 Å². The summed E-state index contributed by atoms with van der Waals surface area (Å²) in [4.78, 5) is 29.2. The minimum absolute atomic E-state index is 0.136. The highest BCUT2D eigenvalue weighted by molar-refractivity contribution is 9.10. The number of anilines is 1. The Morgan fingerprint density at radius 2 is 2.42 bits per heavy atom. The molecule has 6 heteroatoms. The van der Waals surface area contributed by atoms with Crippen molar-refractivity contribution in [2.45, 2.75) is 6.42 Å². The molecule has 0 radical (unpaired) electrons. The SMILES string of the molecule is C#CC1CC(=O)N(c2ncc(Br)cc2C(=O)OC)C1. The van der Waals surface area contributed by atoms with Crippen LogP contribution in [0.1, 0.15) is 16.8 Å². The van der Waals surface area contributed by atoms with E-state index in [9.17, 15) is 9.59 Å². The Hall–Kier alpha value is -1.87. The average Bonchev–Trinajstić information content (AvgIpc) is 2.79. The van der Waals surface area contributed by atoms with Crippen molar-refractivity contribution in [2.75, 3.05) is 18.6 Å². The molecule has 1 fully saturated rings. The molecular weight excluding hydrogens is 312 g/mol. The second kappa shape index (κ2) is 5.41. The number of hydrogen-bond donors (Lipinski definition) is 0. The maximum atomic E-state index is 11.9. The van der Waals surface area contributed by atoms with Gasteiger partial charge in [0, 0.05) is 29.6 Å². The van der Waals surface area contributed by atoms with E-state index >= 15 is 0 Å². The number of esters is 1. The highest BCUT2D eigenvalue weighted by atomic mass is 79.9. The van der Waals surface area contributed by atoms with Crippen LogP contribution in [0.25, 0.3) is 0 Å². The summed E-state index contributed by atoms with van der Waals surface area (Å²) in [6.45, 7) is 0.369. The molecule has 2 rings (SSSR count). The summed E-state index contributed by atoms with van der Waals surface area (Å²) < 4.78 is 5.34. The Morgan fingerprint density at radius 1 is 1.68 bits per heavy atom. The molecule has 1 saturated heterocycles. The van der Waals surface area contributed by atoms with Gasteiger partial charge in [0.2, 0.25) is 5.91 Å². The van der Waals surface area contributed by atoms with E-state index in [0.717, 1.165) is 0 Å². The van der Waals surface area contributed by atoms with Crippen LogP contribution < -0.4 is 4.90 Å². The van der Waals surface area contributed by atoms with Crippen LogP contribution in [0.5, 0.6) is 0 Å². The molecular formula is C13H11BrN2O3. The Labute approximate surface area is 119 Å². The first kappa shape index (κ1) is 13.6. The fourth-order valence-corrected chi connectivity index (χ4v) is 2.26.